The van der Waals surface area contributed by atoms with Crippen molar-refractivity contribution < 1.29 is 27.8 Å². The molecule has 2 amide bonds. The van der Waals surface area contributed by atoms with Gasteiger partial charge in [0, 0.05) is 31.3 Å². The minimum Gasteiger partial charge on any atom is -0.390 e. The van der Waals surface area contributed by atoms with E-state index in [1.165, 1.54) is 13.2 Å². The van der Waals surface area contributed by atoms with Gasteiger partial charge in [0.2, 0.25) is 0 Å². The van der Waals surface area contributed by atoms with Gasteiger partial charge in [-0.3, -0.25) is 0 Å². The first-order valence-electron chi connectivity index (χ1n) is 8.45. The van der Waals surface area contributed by atoms with E-state index in [1.807, 2.05) is 6.07 Å². The van der Waals surface area contributed by atoms with Crippen molar-refractivity contribution >= 4 is 29.0 Å². The number of amides is 2. The molecule has 0 aliphatic heterocycles. The summed E-state index contributed by atoms with van der Waals surface area (Å²) in [6, 6.07) is 7.73. The van der Waals surface area contributed by atoms with Gasteiger partial charge >= 0.3 is 12.2 Å². The molecule has 150 valence electrons. The third-order valence-corrected chi connectivity index (χ3v) is 4.95. The molecule has 0 saturated heterocycles. The van der Waals surface area contributed by atoms with E-state index in [0.29, 0.717) is 18.5 Å². The van der Waals surface area contributed by atoms with Crippen LogP contribution in [0.25, 0.3) is 0 Å². The topological polar surface area (TPSA) is 70.6 Å². The molecule has 28 heavy (non-hydrogen) atoms. The predicted octanol–water partition coefficient (Wildman–Crippen LogP) is 4.48. The van der Waals surface area contributed by atoms with Gasteiger partial charge in [0.15, 0.2) is 0 Å². The van der Waals surface area contributed by atoms with Crippen molar-refractivity contribution in [1.29, 1.82) is 0 Å². The molecule has 0 fully saturated rings. The maximum Gasteiger partial charge on any atom is 0.417 e. The molecule has 1 aliphatic carbocycles. The van der Waals surface area contributed by atoms with Crippen LogP contribution in [0.5, 0.6) is 0 Å². The molecule has 2 aromatic carbocycles. The van der Waals surface area contributed by atoms with Gasteiger partial charge in [-0.25, -0.2) is 4.79 Å². The average molecular weight is 415 g/mol. The Kier molecular flexibility index (Phi) is 5.83. The highest BCUT2D eigenvalue weighted by Gasteiger charge is 2.33. The van der Waals surface area contributed by atoms with Gasteiger partial charge in [-0.15, -0.1) is 0 Å². The average Bonchev–Trinajstić information content (AvgIpc) is 2.62. The lowest BCUT2D eigenvalue weighted by molar-refractivity contribution is -0.137. The number of benzene rings is 2. The molecule has 1 aliphatic rings. The lowest BCUT2D eigenvalue weighted by Crippen LogP contribution is -2.36. The summed E-state index contributed by atoms with van der Waals surface area (Å²) in [5.74, 6) is 0. The summed E-state index contributed by atoms with van der Waals surface area (Å²) in [6.45, 7) is 0. The minimum atomic E-state index is -4.63. The van der Waals surface area contributed by atoms with Crippen LogP contribution in [0.3, 0.4) is 0 Å². The molecule has 0 saturated carbocycles. The van der Waals surface area contributed by atoms with Gasteiger partial charge < -0.3 is 20.5 Å². The van der Waals surface area contributed by atoms with Crippen molar-refractivity contribution in [3.05, 3.63) is 58.1 Å². The molecule has 5 nitrogen and oxygen atoms in total. The van der Waals surface area contributed by atoms with Crippen molar-refractivity contribution in [2.75, 3.05) is 17.7 Å². The van der Waals surface area contributed by atoms with Crippen molar-refractivity contribution in [2.24, 2.45) is 0 Å². The Labute approximate surface area is 164 Å². The van der Waals surface area contributed by atoms with Gasteiger partial charge in [0.25, 0.3) is 0 Å². The Morgan fingerprint density at radius 2 is 1.96 bits per heavy atom. The van der Waals surface area contributed by atoms with E-state index in [0.717, 1.165) is 23.3 Å². The third-order valence-electron chi connectivity index (χ3n) is 4.62. The number of halogens is 4. The molecule has 9 heteroatoms. The highest BCUT2D eigenvalue weighted by Crippen LogP contribution is 2.36. The number of rotatable bonds is 3. The fourth-order valence-electron chi connectivity index (χ4n) is 3.22. The van der Waals surface area contributed by atoms with Crippen LogP contribution in [-0.4, -0.2) is 30.5 Å². The second-order valence-corrected chi connectivity index (χ2v) is 6.87. The molecular formula is C19H18ClF3N2O3. The maximum absolute atomic E-state index is 13.0. The number of urea groups is 1. The van der Waals surface area contributed by atoms with Crippen molar-refractivity contribution in [3.8, 4) is 0 Å². The second kappa shape index (κ2) is 7.98. The maximum atomic E-state index is 13.0. The number of carbonyl (C=O) groups excluding carboxylic acids is 1. The molecule has 3 N–H and O–H groups in total. The summed E-state index contributed by atoms with van der Waals surface area (Å²) in [4.78, 5) is 12.3. The summed E-state index contributed by atoms with van der Waals surface area (Å²) in [7, 11) is 1.52. The number of anilines is 2. The van der Waals surface area contributed by atoms with Gasteiger partial charge in [-0.05, 0) is 35.4 Å². The molecular weight excluding hydrogens is 397 g/mol. The Hall–Kier alpha value is -2.29. The molecule has 0 heterocycles. The minimum absolute atomic E-state index is 0.0431. The van der Waals surface area contributed by atoms with Gasteiger partial charge in [0.05, 0.1) is 22.8 Å². The van der Waals surface area contributed by atoms with E-state index in [1.54, 1.807) is 12.1 Å². The van der Waals surface area contributed by atoms with E-state index < -0.39 is 28.9 Å². The summed E-state index contributed by atoms with van der Waals surface area (Å²) >= 11 is 5.58. The fourth-order valence-corrected chi connectivity index (χ4v) is 3.45. The van der Waals surface area contributed by atoms with Crippen LogP contribution in [0.1, 0.15) is 16.7 Å². The zero-order chi connectivity index (χ0) is 20.5. The fraction of sp³-hybridized carbons (Fsp3) is 0.316. The third kappa shape index (κ3) is 4.40. The van der Waals surface area contributed by atoms with E-state index in [2.05, 4.69) is 10.6 Å². The van der Waals surface area contributed by atoms with Crippen molar-refractivity contribution in [1.82, 2.24) is 0 Å². The Morgan fingerprint density at radius 3 is 2.64 bits per heavy atom. The van der Waals surface area contributed by atoms with Crippen LogP contribution in [0, 0.1) is 0 Å². The lowest BCUT2D eigenvalue weighted by atomic mass is 9.86. The molecule has 2 aromatic rings. The lowest BCUT2D eigenvalue weighted by Gasteiger charge is -2.30. The van der Waals surface area contributed by atoms with E-state index in [9.17, 15) is 23.1 Å². The second-order valence-electron chi connectivity index (χ2n) is 6.46. The number of fused-ring (bicyclic) bond motifs is 1. The summed E-state index contributed by atoms with van der Waals surface area (Å²) in [6.07, 6.45) is -4.88. The van der Waals surface area contributed by atoms with Crippen LogP contribution in [0.15, 0.2) is 36.4 Å². The van der Waals surface area contributed by atoms with Crippen LogP contribution in [0.4, 0.5) is 29.3 Å². The number of ether oxygens (including phenoxy) is 1. The van der Waals surface area contributed by atoms with Gasteiger partial charge in [-0.1, -0.05) is 23.7 Å². The number of hydrogen-bond acceptors (Lipinski definition) is 3. The van der Waals surface area contributed by atoms with Crippen molar-refractivity contribution in [2.45, 2.75) is 31.2 Å². The van der Waals surface area contributed by atoms with Crippen LogP contribution in [0.2, 0.25) is 5.02 Å². The number of nitrogens with one attached hydrogen (secondary N) is 2. The molecule has 2 atom stereocenters. The zero-order valence-corrected chi connectivity index (χ0v) is 15.6. The highest BCUT2D eigenvalue weighted by molar-refractivity contribution is 6.31. The number of methoxy groups -OCH3 is 1. The molecule has 0 aromatic heterocycles. The Morgan fingerprint density at radius 1 is 1.21 bits per heavy atom. The molecule has 0 radical (unpaired) electrons. The monoisotopic (exact) mass is 414 g/mol. The van der Waals surface area contributed by atoms with E-state index in [4.69, 9.17) is 16.3 Å². The SMILES string of the molecule is COC1Cc2cccc(NC(=O)Nc3ccc(Cl)c(C(F)(F)F)c3)c2CC1O. The molecule has 0 bridgehead atoms. The van der Waals surface area contributed by atoms with E-state index >= 15 is 0 Å². The quantitative estimate of drug-likeness (QED) is 0.693. The first-order valence-corrected chi connectivity index (χ1v) is 8.83. The molecule has 3 rings (SSSR count). The number of carbonyl (C=O) groups is 1. The summed E-state index contributed by atoms with van der Waals surface area (Å²) in [5.41, 5.74) is 1.11. The normalized spacial score (nSPS) is 19.1. The summed E-state index contributed by atoms with van der Waals surface area (Å²) < 4.78 is 44.1. The summed E-state index contributed by atoms with van der Waals surface area (Å²) in [5, 5.41) is 14.7. The van der Waals surface area contributed by atoms with Crippen LogP contribution < -0.4 is 10.6 Å². The first-order chi connectivity index (χ1) is 13.2. The Bertz CT molecular complexity index is 889. The Balaban J connectivity index is 1.77. The largest absolute Gasteiger partial charge is 0.417 e. The van der Waals surface area contributed by atoms with Crippen LogP contribution >= 0.6 is 11.6 Å². The van der Waals surface area contributed by atoms with Crippen LogP contribution in [-0.2, 0) is 23.8 Å². The smallest absolute Gasteiger partial charge is 0.390 e. The molecule has 2 unspecified atom stereocenters. The molecule has 0 spiro atoms. The zero-order valence-electron chi connectivity index (χ0n) is 14.8. The van der Waals surface area contributed by atoms with Crippen molar-refractivity contribution in [3.63, 3.8) is 0 Å². The first kappa shape index (κ1) is 20.4. The van der Waals surface area contributed by atoms with Gasteiger partial charge in [0.1, 0.15) is 0 Å². The number of aliphatic hydroxyl groups is 1. The highest BCUT2D eigenvalue weighted by atomic mass is 35.5. The van der Waals surface area contributed by atoms with E-state index in [-0.39, 0.29) is 11.8 Å². The standard InChI is InChI=1S/C19H18ClF3N2O3/c1-28-17-7-10-3-2-4-15(12(10)9-16(17)26)25-18(27)24-11-5-6-14(20)13(8-11)19(21,22)23/h2-6,8,16-17,26H,7,9H2,1H3,(H2,24,25,27). The predicted molar refractivity (Wildman–Crippen MR) is 99.7 cm³/mol. The number of aliphatic hydroxyl groups excluding tert-OH is 1. The number of alkyl halides is 3. The van der Waals surface area contributed by atoms with Gasteiger partial charge in [-0.2, -0.15) is 13.2 Å². The number of hydrogen-bond donors (Lipinski definition) is 3.